The van der Waals surface area contributed by atoms with Crippen LogP contribution in [-0.2, 0) is 0 Å². The summed E-state index contributed by atoms with van der Waals surface area (Å²) >= 11 is 0. The molecule has 0 unspecified atom stereocenters. The van der Waals surface area contributed by atoms with Gasteiger partial charge in [-0.25, -0.2) is 4.98 Å². The summed E-state index contributed by atoms with van der Waals surface area (Å²) < 4.78 is 7.25. The molecule has 0 spiro atoms. The number of methoxy groups -OCH3 is 1. The fourth-order valence-corrected chi connectivity index (χ4v) is 2.77. The Balaban J connectivity index is 2.28. The van der Waals surface area contributed by atoms with Gasteiger partial charge in [0.05, 0.1) is 7.11 Å². The summed E-state index contributed by atoms with van der Waals surface area (Å²) in [6, 6.07) is 8.05. The molecule has 4 nitrogen and oxygen atoms in total. The zero-order valence-electron chi connectivity index (χ0n) is 12.8. The number of hydrogen-bond acceptors (Lipinski definition) is 3. The van der Waals surface area contributed by atoms with Crippen molar-refractivity contribution in [3.05, 3.63) is 47.2 Å². The highest BCUT2D eigenvalue weighted by atomic mass is 16.5. The van der Waals surface area contributed by atoms with Gasteiger partial charge in [-0.05, 0) is 55.7 Å². The molecule has 3 rings (SSSR count). The summed E-state index contributed by atoms with van der Waals surface area (Å²) in [7, 11) is 1.68. The zero-order chi connectivity index (χ0) is 15.1. The Labute approximate surface area is 124 Å². The third-order valence-corrected chi connectivity index (χ3v) is 3.78. The number of fused-ring (bicyclic) bond motifs is 1. The Morgan fingerprint density at radius 2 is 1.76 bits per heavy atom. The monoisotopic (exact) mass is 281 g/mol. The minimum Gasteiger partial charge on any atom is -0.497 e. The largest absolute Gasteiger partial charge is 0.497 e. The first-order chi connectivity index (χ1) is 10.0. The Hall–Kier alpha value is -2.49. The molecule has 0 atom stereocenters. The van der Waals surface area contributed by atoms with E-state index in [1.165, 1.54) is 0 Å². The number of aromatic nitrogens is 2. The molecule has 3 aromatic rings. The van der Waals surface area contributed by atoms with E-state index in [1.54, 1.807) is 7.11 Å². The summed E-state index contributed by atoms with van der Waals surface area (Å²) in [5, 5.41) is 0. The van der Waals surface area contributed by atoms with Crippen LogP contribution in [0, 0.1) is 20.8 Å². The van der Waals surface area contributed by atoms with Gasteiger partial charge in [0.15, 0.2) is 0 Å². The highest BCUT2D eigenvalue weighted by molar-refractivity contribution is 5.79. The summed E-state index contributed by atoms with van der Waals surface area (Å²) in [5.41, 5.74) is 12.5. The number of anilines is 1. The Morgan fingerprint density at radius 3 is 2.38 bits per heavy atom. The molecule has 0 aliphatic rings. The topological polar surface area (TPSA) is 52.5 Å². The van der Waals surface area contributed by atoms with Gasteiger partial charge in [-0.2, -0.15) is 0 Å². The number of nitrogens with two attached hydrogens (primary N) is 1. The maximum absolute atomic E-state index is 6.32. The van der Waals surface area contributed by atoms with E-state index in [2.05, 4.69) is 13.8 Å². The second-order valence-electron chi connectivity index (χ2n) is 5.42. The first-order valence-electron chi connectivity index (χ1n) is 6.91. The number of nitrogens with zero attached hydrogens (tertiary/aromatic N) is 2. The maximum Gasteiger partial charge on any atom is 0.139 e. The molecule has 4 heteroatoms. The zero-order valence-corrected chi connectivity index (χ0v) is 12.8. The number of rotatable bonds is 2. The molecule has 2 heterocycles. The fourth-order valence-electron chi connectivity index (χ4n) is 2.77. The number of nitrogen functional groups attached to an aromatic ring is 1. The molecule has 2 aromatic heterocycles. The molecule has 1 aromatic carbocycles. The van der Waals surface area contributed by atoms with E-state index < -0.39 is 0 Å². The third kappa shape index (κ3) is 2.13. The molecule has 2 N–H and O–H groups in total. The van der Waals surface area contributed by atoms with Crippen molar-refractivity contribution < 1.29 is 4.74 Å². The SMILES string of the molecule is COc1cc(C)c(-c2nc3ccc(C)cn3c2N)c(C)c1. The lowest BCUT2D eigenvalue weighted by atomic mass is 9.99. The first kappa shape index (κ1) is 13.5. The van der Waals surface area contributed by atoms with Crippen LogP contribution in [-0.4, -0.2) is 16.5 Å². The van der Waals surface area contributed by atoms with Crippen molar-refractivity contribution in [1.82, 2.24) is 9.38 Å². The fraction of sp³-hybridized carbons (Fsp3) is 0.235. The van der Waals surface area contributed by atoms with Crippen LogP contribution in [0.1, 0.15) is 16.7 Å². The van der Waals surface area contributed by atoms with E-state index in [0.29, 0.717) is 5.82 Å². The highest BCUT2D eigenvalue weighted by Gasteiger charge is 2.16. The quantitative estimate of drug-likeness (QED) is 0.782. The summed E-state index contributed by atoms with van der Waals surface area (Å²) in [4.78, 5) is 4.70. The van der Waals surface area contributed by atoms with Gasteiger partial charge in [0, 0.05) is 11.8 Å². The van der Waals surface area contributed by atoms with Gasteiger partial charge in [-0.1, -0.05) is 6.07 Å². The molecule has 0 fully saturated rings. The van der Waals surface area contributed by atoms with Gasteiger partial charge in [-0.3, -0.25) is 4.40 Å². The highest BCUT2D eigenvalue weighted by Crippen LogP contribution is 2.34. The third-order valence-electron chi connectivity index (χ3n) is 3.78. The van der Waals surface area contributed by atoms with Crippen LogP contribution >= 0.6 is 0 Å². The molecule has 0 aliphatic carbocycles. The standard InChI is InChI=1S/C17H19N3O/c1-10-5-6-14-19-16(17(18)20(14)9-10)15-11(2)7-13(21-4)8-12(15)3/h5-9H,18H2,1-4H3. The first-order valence-corrected chi connectivity index (χ1v) is 6.91. The molecule has 0 bridgehead atoms. The Kier molecular flexibility index (Phi) is 3.09. The maximum atomic E-state index is 6.32. The number of hydrogen-bond donors (Lipinski definition) is 1. The van der Waals surface area contributed by atoms with Crippen LogP contribution in [0.2, 0.25) is 0 Å². The molecule has 21 heavy (non-hydrogen) atoms. The Morgan fingerprint density at radius 1 is 1.10 bits per heavy atom. The van der Waals surface area contributed by atoms with Crippen molar-refractivity contribution in [2.75, 3.05) is 12.8 Å². The normalized spacial score (nSPS) is 11.0. The van der Waals surface area contributed by atoms with Crippen molar-refractivity contribution >= 4 is 11.5 Å². The molecule has 0 saturated heterocycles. The average Bonchev–Trinajstić information content (AvgIpc) is 2.75. The van der Waals surface area contributed by atoms with Crippen LogP contribution in [0.5, 0.6) is 5.75 Å². The van der Waals surface area contributed by atoms with Crippen LogP contribution in [0.15, 0.2) is 30.5 Å². The minimum atomic E-state index is 0.671. The average molecular weight is 281 g/mol. The lowest BCUT2D eigenvalue weighted by Gasteiger charge is -2.11. The van der Waals surface area contributed by atoms with Gasteiger partial charge in [0.25, 0.3) is 0 Å². The lowest BCUT2D eigenvalue weighted by Crippen LogP contribution is -1.97. The molecular weight excluding hydrogens is 262 g/mol. The van der Waals surface area contributed by atoms with Crippen LogP contribution in [0.4, 0.5) is 5.82 Å². The predicted molar refractivity (Wildman–Crippen MR) is 85.8 cm³/mol. The van der Waals surface area contributed by atoms with Gasteiger partial charge >= 0.3 is 0 Å². The minimum absolute atomic E-state index is 0.671. The number of aryl methyl sites for hydroxylation is 3. The molecule has 0 aliphatic heterocycles. The molecule has 108 valence electrons. The van der Waals surface area contributed by atoms with E-state index >= 15 is 0 Å². The van der Waals surface area contributed by atoms with Crippen molar-refractivity contribution in [2.45, 2.75) is 20.8 Å². The smallest absolute Gasteiger partial charge is 0.139 e. The van der Waals surface area contributed by atoms with E-state index in [4.69, 9.17) is 15.5 Å². The van der Waals surface area contributed by atoms with Crippen LogP contribution in [0.3, 0.4) is 0 Å². The number of imidazole rings is 1. The molecule has 0 saturated carbocycles. The second kappa shape index (κ2) is 4.81. The van der Waals surface area contributed by atoms with Gasteiger partial charge in [0.1, 0.15) is 22.9 Å². The van der Waals surface area contributed by atoms with Crippen molar-refractivity contribution in [2.24, 2.45) is 0 Å². The second-order valence-corrected chi connectivity index (χ2v) is 5.42. The van der Waals surface area contributed by atoms with Crippen molar-refractivity contribution in [3.63, 3.8) is 0 Å². The summed E-state index contributed by atoms with van der Waals surface area (Å²) in [6.45, 7) is 6.15. The predicted octanol–water partition coefficient (Wildman–Crippen LogP) is 3.52. The van der Waals surface area contributed by atoms with E-state index in [0.717, 1.165) is 39.3 Å². The molecule has 0 amide bonds. The Bertz CT molecular complexity index is 810. The van der Waals surface area contributed by atoms with Gasteiger partial charge < -0.3 is 10.5 Å². The van der Waals surface area contributed by atoms with Crippen molar-refractivity contribution in [3.8, 4) is 17.0 Å². The lowest BCUT2D eigenvalue weighted by molar-refractivity contribution is 0.414. The van der Waals surface area contributed by atoms with E-state index in [9.17, 15) is 0 Å². The number of ether oxygens (including phenoxy) is 1. The van der Waals surface area contributed by atoms with E-state index in [-0.39, 0.29) is 0 Å². The molecule has 0 radical (unpaired) electrons. The van der Waals surface area contributed by atoms with Gasteiger partial charge in [0.2, 0.25) is 0 Å². The van der Waals surface area contributed by atoms with Crippen LogP contribution in [0.25, 0.3) is 16.9 Å². The van der Waals surface area contributed by atoms with E-state index in [1.807, 2.05) is 41.8 Å². The summed E-state index contributed by atoms with van der Waals surface area (Å²) in [6.07, 6.45) is 2.01. The van der Waals surface area contributed by atoms with Gasteiger partial charge in [-0.15, -0.1) is 0 Å². The molecular formula is C17H19N3O. The summed E-state index contributed by atoms with van der Waals surface area (Å²) in [5.74, 6) is 1.52. The number of benzene rings is 1. The number of pyridine rings is 1. The van der Waals surface area contributed by atoms with Crippen molar-refractivity contribution in [1.29, 1.82) is 0 Å². The van der Waals surface area contributed by atoms with Crippen LogP contribution < -0.4 is 10.5 Å².